The molecule has 3 nitrogen and oxygen atoms in total. The van der Waals surface area contributed by atoms with Gasteiger partial charge in [-0.15, -0.1) is 0 Å². The molecule has 0 spiro atoms. The molecule has 1 heterocycles. The second-order valence-corrected chi connectivity index (χ2v) is 3.84. The molecule has 0 aliphatic carbocycles. The Morgan fingerprint density at radius 1 is 1.46 bits per heavy atom. The van der Waals surface area contributed by atoms with Crippen LogP contribution in [-0.2, 0) is 0 Å². The zero-order chi connectivity index (χ0) is 9.84. The summed E-state index contributed by atoms with van der Waals surface area (Å²) >= 11 is 7.21. The minimum atomic E-state index is 0.0978. The van der Waals surface area contributed by atoms with Crippen LogP contribution in [0.4, 0.5) is 0 Å². The van der Waals surface area contributed by atoms with Crippen molar-refractivity contribution in [3.05, 3.63) is 11.2 Å². The zero-order valence-electron chi connectivity index (χ0n) is 7.74. The number of nitrogens with zero attached hydrogens (tertiary/aromatic N) is 2. The first-order valence-corrected chi connectivity index (χ1v) is 5.47. The van der Waals surface area contributed by atoms with Crippen LogP contribution in [0, 0.1) is 0 Å². The fraction of sp³-hybridized carbons (Fsp3) is 0.500. The minimum Gasteiger partial charge on any atom is -0.475 e. The Hall–Kier alpha value is -0.480. The van der Waals surface area contributed by atoms with Crippen LogP contribution in [0.15, 0.2) is 11.2 Å². The van der Waals surface area contributed by atoms with Crippen LogP contribution >= 0.6 is 23.4 Å². The van der Waals surface area contributed by atoms with Crippen LogP contribution in [-0.4, -0.2) is 22.3 Å². The van der Waals surface area contributed by atoms with Gasteiger partial charge < -0.3 is 4.74 Å². The van der Waals surface area contributed by atoms with Crippen molar-refractivity contribution in [1.29, 1.82) is 0 Å². The van der Waals surface area contributed by atoms with Gasteiger partial charge in [-0.3, -0.25) is 0 Å². The Labute approximate surface area is 86.9 Å². The van der Waals surface area contributed by atoms with Crippen LogP contribution in [0.2, 0.25) is 5.15 Å². The predicted molar refractivity (Wildman–Crippen MR) is 54.6 cm³/mol. The lowest BCUT2D eigenvalue weighted by molar-refractivity contribution is 0.230. The number of ether oxygens (including phenoxy) is 1. The quantitative estimate of drug-likeness (QED) is 0.444. The lowest BCUT2D eigenvalue weighted by Gasteiger charge is -2.08. The maximum Gasteiger partial charge on any atom is 0.219 e. The summed E-state index contributed by atoms with van der Waals surface area (Å²) in [4.78, 5) is 8.13. The summed E-state index contributed by atoms with van der Waals surface area (Å²) in [5, 5.41) is 1.04. The second kappa shape index (κ2) is 4.67. The average molecular weight is 219 g/mol. The van der Waals surface area contributed by atoms with E-state index in [1.165, 1.54) is 11.8 Å². The van der Waals surface area contributed by atoms with E-state index in [0.717, 1.165) is 0 Å². The molecule has 0 bridgehead atoms. The molecule has 0 aromatic carbocycles. The van der Waals surface area contributed by atoms with E-state index in [-0.39, 0.29) is 6.10 Å². The van der Waals surface area contributed by atoms with Gasteiger partial charge in [0.25, 0.3) is 0 Å². The van der Waals surface area contributed by atoms with Gasteiger partial charge in [0.05, 0.1) is 6.10 Å². The maximum atomic E-state index is 5.77. The maximum absolute atomic E-state index is 5.77. The van der Waals surface area contributed by atoms with E-state index in [1.54, 1.807) is 6.07 Å². The van der Waals surface area contributed by atoms with Gasteiger partial charge in [-0.2, -0.15) is 4.98 Å². The molecule has 0 amide bonds. The fourth-order valence-corrected chi connectivity index (χ4v) is 1.36. The molecule has 0 saturated carbocycles. The Kier molecular flexibility index (Phi) is 3.81. The Morgan fingerprint density at radius 2 is 2.15 bits per heavy atom. The largest absolute Gasteiger partial charge is 0.475 e. The van der Waals surface area contributed by atoms with Crippen molar-refractivity contribution in [1.82, 2.24) is 9.97 Å². The lowest BCUT2D eigenvalue weighted by atomic mass is 10.5. The topological polar surface area (TPSA) is 35.0 Å². The van der Waals surface area contributed by atoms with Gasteiger partial charge in [0.1, 0.15) is 5.15 Å². The van der Waals surface area contributed by atoms with Crippen LogP contribution in [0.3, 0.4) is 0 Å². The molecule has 0 N–H and O–H groups in total. The summed E-state index contributed by atoms with van der Waals surface area (Å²) < 4.78 is 5.39. The van der Waals surface area contributed by atoms with Crippen LogP contribution in [0.5, 0.6) is 5.88 Å². The molecule has 1 rings (SSSR count). The van der Waals surface area contributed by atoms with E-state index in [4.69, 9.17) is 16.3 Å². The fourth-order valence-electron chi connectivity index (χ4n) is 0.770. The molecule has 1 aromatic heterocycles. The summed E-state index contributed by atoms with van der Waals surface area (Å²) in [6, 6.07) is 1.61. The van der Waals surface area contributed by atoms with Gasteiger partial charge in [-0.1, -0.05) is 23.4 Å². The monoisotopic (exact) mass is 218 g/mol. The molecule has 1 aromatic rings. The Bertz CT molecular complexity index is 293. The molecule has 0 unspecified atom stereocenters. The third kappa shape index (κ3) is 3.40. The van der Waals surface area contributed by atoms with Gasteiger partial charge in [-0.25, -0.2) is 4.98 Å². The van der Waals surface area contributed by atoms with Crippen molar-refractivity contribution in [2.24, 2.45) is 0 Å². The molecular formula is C8H11ClN2OS. The Morgan fingerprint density at radius 3 is 2.69 bits per heavy atom. The highest BCUT2D eigenvalue weighted by Gasteiger charge is 2.04. The highest BCUT2D eigenvalue weighted by molar-refractivity contribution is 7.98. The van der Waals surface area contributed by atoms with E-state index in [1.807, 2.05) is 20.1 Å². The number of rotatable bonds is 3. The molecule has 0 radical (unpaired) electrons. The summed E-state index contributed by atoms with van der Waals surface area (Å²) in [5.74, 6) is 0.527. The first kappa shape index (κ1) is 10.6. The smallest absolute Gasteiger partial charge is 0.219 e. The summed E-state index contributed by atoms with van der Waals surface area (Å²) in [6.45, 7) is 3.88. The van der Waals surface area contributed by atoms with Gasteiger partial charge in [-0.05, 0) is 20.1 Å². The second-order valence-electron chi connectivity index (χ2n) is 2.68. The van der Waals surface area contributed by atoms with E-state index < -0.39 is 0 Å². The van der Waals surface area contributed by atoms with E-state index in [2.05, 4.69) is 9.97 Å². The van der Waals surface area contributed by atoms with E-state index in [0.29, 0.717) is 16.2 Å². The lowest BCUT2D eigenvalue weighted by Crippen LogP contribution is -2.07. The van der Waals surface area contributed by atoms with Gasteiger partial charge in [0.15, 0.2) is 5.16 Å². The molecule has 13 heavy (non-hydrogen) atoms. The van der Waals surface area contributed by atoms with Crippen molar-refractivity contribution in [3.8, 4) is 5.88 Å². The first-order valence-electron chi connectivity index (χ1n) is 3.87. The zero-order valence-corrected chi connectivity index (χ0v) is 9.32. The van der Waals surface area contributed by atoms with Crippen molar-refractivity contribution in [2.75, 3.05) is 6.26 Å². The van der Waals surface area contributed by atoms with Crippen molar-refractivity contribution in [2.45, 2.75) is 25.1 Å². The molecule has 72 valence electrons. The molecule has 0 aliphatic rings. The molecule has 0 atom stereocenters. The van der Waals surface area contributed by atoms with Gasteiger partial charge in [0.2, 0.25) is 5.88 Å². The summed E-state index contributed by atoms with van der Waals surface area (Å²) in [5.41, 5.74) is 0. The van der Waals surface area contributed by atoms with Crippen LogP contribution in [0.1, 0.15) is 13.8 Å². The van der Waals surface area contributed by atoms with Crippen molar-refractivity contribution >= 4 is 23.4 Å². The molecule has 5 heteroatoms. The van der Waals surface area contributed by atoms with Gasteiger partial charge in [0, 0.05) is 6.07 Å². The van der Waals surface area contributed by atoms with Gasteiger partial charge >= 0.3 is 0 Å². The minimum absolute atomic E-state index is 0.0978. The van der Waals surface area contributed by atoms with Crippen molar-refractivity contribution in [3.63, 3.8) is 0 Å². The highest BCUT2D eigenvalue weighted by atomic mass is 35.5. The normalized spacial score (nSPS) is 10.5. The third-order valence-electron chi connectivity index (χ3n) is 1.19. The van der Waals surface area contributed by atoms with E-state index >= 15 is 0 Å². The Balaban J connectivity index is 2.88. The SMILES string of the molecule is CSc1nc(Cl)cc(OC(C)C)n1. The molecule has 0 saturated heterocycles. The van der Waals surface area contributed by atoms with Crippen LogP contribution in [0.25, 0.3) is 0 Å². The number of hydrogen-bond acceptors (Lipinski definition) is 4. The molecule has 0 aliphatic heterocycles. The summed E-state index contributed by atoms with van der Waals surface area (Å²) in [6.07, 6.45) is 1.99. The number of aromatic nitrogens is 2. The standard InChI is InChI=1S/C8H11ClN2OS/c1-5(2)12-7-4-6(9)10-8(11-7)13-3/h4-5H,1-3H3. The highest BCUT2D eigenvalue weighted by Crippen LogP contribution is 2.19. The third-order valence-corrected chi connectivity index (χ3v) is 1.93. The number of thioether (sulfide) groups is 1. The average Bonchev–Trinajstić information content (AvgIpc) is 2.01. The van der Waals surface area contributed by atoms with Crippen molar-refractivity contribution < 1.29 is 4.74 Å². The van der Waals surface area contributed by atoms with Crippen LogP contribution < -0.4 is 4.74 Å². The molecule has 0 fully saturated rings. The first-order chi connectivity index (χ1) is 6.11. The molecular weight excluding hydrogens is 208 g/mol. The number of hydrogen-bond donors (Lipinski definition) is 0. The summed E-state index contributed by atoms with van der Waals surface area (Å²) in [7, 11) is 0. The predicted octanol–water partition coefficient (Wildman–Crippen LogP) is 2.64. The van der Waals surface area contributed by atoms with E-state index in [9.17, 15) is 0 Å². The number of halogens is 1.